The molecular formula is C25H24N2O3. The fourth-order valence-corrected chi connectivity index (χ4v) is 3.96. The van der Waals surface area contributed by atoms with Gasteiger partial charge < -0.3 is 19.5 Å². The Morgan fingerprint density at radius 2 is 1.87 bits per heavy atom. The monoisotopic (exact) mass is 400 g/mol. The first kappa shape index (κ1) is 18.6. The number of hydrogen-bond donors (Lipinski definition) is 1. The van der Waals surface area contributed by atoms with E-state index in [1.54, 1.807) is 7.11 Å². The summed E-state index contributed by atoms with van der Waals surface area (Å²) in [7, 11) is 1.68. The fourth-order valence-electron chi connectivity index (χ4n) is 3.96. The zero-order chi connectivity index (χ0) is 20.6. The van der Waals surface area contributed by atoms with Crippen LogP contribution in [-0.2, 0) is 11.8 Å². The van der Waals surface area contributed by atoms with Crippen LogP contribution >= 0.6 is 0 Å². The maximum atomic E-state index is 5.55. The smallest absolute Gasteiger partial charge is 0.231 e. The Hall–Kier alpha value is -3.47. The molecule has 0 radical (unpaired) electrons. The van der Waals surface area contributed by atoms with Gasteiger partial charge in [0.25, 0.3) is 0 Å². The lowest BCUT2D eigenvalue weighted by atomic mass is 9.92. The summed E-state index contributed by atoms with van der Waals surface area (Å²) >= 11 is 0. The van der Waals surface area contributed by atoms with Gasteiger partial charge >= 0.3 is 0 Å². The molecule has 1 aromatic heterocycles. The van der Waals surface area contributed by atoms with E-state index in [1.165, 1.54) is 11.1 Å². The molecule has 1 aliphatic heterocycles. The van der Waals surface area contributed by atoms with Crippen LogP contribution in [0.2, 0.25) is 0 Å². The van der Waals surface area contributed by atoms with Gasteiger partial charge in [0.1, 0.15) is 11.6 Å². The quantitative estimate of drug-likeness (QED) is 0.600. The summed E-state index contributed by atoms with van der Waals surface area (Å²) in [5.74, 6) is 3.29. The molecule has 1 aliphatic carbocycles. The predicted molar refractivity (Wildman–Crippen MR) is 116 cm³/mol. The van der Waals surface area contributed by atoms with Crippen LogP contribution in [0.25, 0.3) is 0 Å². The van der Waals surface area contributed by atoms with E-state index in [-0.39, 0.29) is 12.2 Å². The maximum absolute atomic E-state index is 5.55. The van der Waals surface area contributed by atoms with Gasteiger partial charge in [-0.25, -0.2) is 4.98 Å². The number of methoxy groups -OCH3 is 1. The first-order valence-corrected chi connectivity index (χ1v) is 10.1. The molecule has 5 rings (SSSR count). The topological polar surface area (TPSA) is 52.6 Å². The van der Waals surface area contributed by atoms with Crippen molar-refractivity contribution in [3.63, 3.8) is 0 Å². The Bertz CT molecular complexity index is 1090. The van der Waals surface area contributed by atoms with Gasteiger partial charge in [0.15, 0.2) is 11.5 Å². The molecule has 0 unspecified atom stereocenters. The molecule has 1 saturated carbocycles. The summed E-state index contributed by atoms with van der Waals surface area (Å²) in [5.41, 5.74) is 4.30. The molecule has 2 heterocycles. The fraction of sp³-hybridized carbons (Fsp3) is 0.240. The number of nitrogens with one attached hydrogen (secondary N) is 1. The molecule has 0 spiro atoms. The Labute approximate surface area is 176 Å². The third-order valence-corrected chi connectivity index (χ3v) is 5.88. The summed E-state index contributed by atoms with van der Waals surface area (Å²) in [6.07, 6.45) is 2.88. The van der Waals surface area contributed by atoms with Crippen LogP contribution in [0.5, 0.6) is 17.2 Å². The van der Waals surface area contributed by atoms with E-state index in [0.29, 0.717) is 0 Å². The second-order valence-electron chi connectivity index (χ2n) is 7.79. The minimum absolute atomic E-state index is 0.0748. The second-order valence-corrected chi connectivity index (χ2v) is 7.79. The van der Waals surface area contributed by atoms with E-state index in [2.05, 4.69) is 36.2 Å². The number of pyridine rings is 1. The van der Waals surface area contributed by atoms with Crippen molar-refractivity contribution in [3.05, 3.63) is 89.8 Å². The average Bonchev–Trinajstić information content (AvgIpc) is 3.45. The van der Waals surface area contributed by atoms with Crippen molar-refractivity contribution in [2.45, 2.75) is 24.7 Å². The first-order valence-electron chi connectivity index (χ1n) is 10.1. The van der Waals surface area contributed by atoms with Crippen molar-refractivity contribution in [3.8, 4) is 17.2 Å². The van der Waals surface area contributed by atoms with Gasteiger partial charge in [0, 0.05) is 23.2 Å². The van der Waals surface area contributed by atoms with Crippen molar-refractivity contribution in [2.24, 2.45) is 0 Å². The van der Waals surface area contributed by atoms with Gasteiger partial charge in [-0.05, 0) is 60.4 Å². The van der Waals surface area contributed by atoms with Crippen molar-refractivity contribution >= 4 is 5.82 Å². The van der Waals surface area contributed by atoms with Gasteiger partial charge in [-0.15, -0.1) is 0 Å². The van der Waals surface area contributed by atoms with Crippen LogP contribution < -0.4 is 19.5 Å². The molecule has 30 heavy (non-hydrogen) atoms. The molecule has 5 heteroatoms. The summed E-state index contributed by atoms with van der Waals surface area (Å²) in [6.45, 7) is 4.64. The molecule has 0 bridgehead atoms. The summed E-state index contributed by atoms with van der Waals surface area (Å²) in [5, 5.41) is 3.46. The second kappa shape index (κ2) is 7.41. The third kappa shape index (κ3) is 3.47. The Morgan fingerprint density at radius 3 is 2.63 bits per heavy atom. The molecule has 2 aromatic carbocycles. The highest BCUT2D eigenvalue weighted by Crippen LogP contribution is 2.54. The minimum Gasteiger partial charge on any atom is -0.497 e. The maximum Gasteiger partial charge on any atom is 0.231 e. The van der Waals surface area contributed by atoms with E-state index in [0.717, 1.165) is 53.7 Å². The van der Waals surface area contributed by atoms with Gasteiger partial charge in [0.05, 0.1) is 7.11 Å². The van der Waals surface area contributed by atoms with Crippen LogP contribution in [0.1, 0.15) is 29.7 Å². The lowest BCUT2D eigenvalue weighted by Crippen LogP contribution is -2.17. The molecule has 0 amide bonds. The van der Waals surface area contributed by atoms with Crippen LogP contribution in [0.4, 0.5) is 5.82 Å². The van der Waals surface area contributed by atoms with Crippen molar-refractivity contribution in [2.75, 3.05) is 19.2 Å². The van der Waals surface area contributed by atoms with E-state index >= 15 is 0 Å². The summed E-state index contributed by atoms with van der Waals surface area (Å²) < 4.78 is 16.2. The predicted octanol–water partition coefficient (Wildman–Crippen LogP) is 5.07. The van der Waals surface area contributed by atoms with E-state index in [1.807, 2.05) is 36.4 Å². The third-order valence-electron chi connectivity index (χ3n) is 5.88. The van der Waals surface area contributed by atoms with Crippen molar-refractivity contribution in [1.82, 2.24) is 4.98 Å². The zero-order valence-electron chi connectivity index (χ0n) is 17.0. The van der Waals surface area contributed by atoms with Gasteiger partial charge in [-0.2, -0.15) is 0 Å². The zero-order valence-corrected chi connectivity index (χ0v) is 17.0. The standard InChI is InChI=1S/C25H24N2O3/c1-17(25(12-13-25)19-8-11-22-23(15-19)30-16-29-22)26-24-5-3-4-20(27-24)14-18-6-9-21(28-2)10-7-18/h3-11,15H,1,12-14,16H2,2H3,(H,26,27). The Kier molecular flexibility index (Phi) is 4.58. The van der Waals surface area contributed by atoms with Crippen molar-refractivity contribution in [1.29, 1.82) is 0 Å². The molecule has 0 saturated heterocycles. The summed E-state index contributed by atoms with van der Waals surface area (Å²) in [4.78, 5) is 4.80. The number of nitrogens with zero attached hydrogens (tertiary/aromatic N) is 1. The lowest BCUT2D eigenvalue weighted by molar-refractivity contribution is 0.174. The molecular weight excluding hydrogens is 376 g/mol. The lowest BCUT2D eigenvalue weighted by Gasteiger charge is -2.21. The average molecular weight is 400 g/mol. The van der Waals surface area contributed by atoms with E-state index < -0.39 is 0 Å². The minimum atomic E-state index is -0.0748. The highest BCUT2D eigenvalue weighted by Gasteiger charge is 2.47. The molecule has 1 fully saturated rings. The van der Waals surface area contributed by atoms with Gasteiger partial charge in [-0.1, -0.05) is 30.8 Å². The number of aromatic nitrogens is 1. The number of fused-ring (bicyclic) bond motifs is 1. The first-order chi connectivity index (χ1) is 14.7. The Morgan fingerprint density at radius 1 is 1.07 bits per heavy atom. The van der Waals surface area contributed by atoms with Gasteiger partial charge in [0.2, 0.25) is 6.79 Å². The molecule has 3 aromatic rings. The normalized spacial score (nSPS) is 15.5. The molecule has 2 aliphatic rings. The highest BCUT2D eigenvalue weighted by molar-refractivity contribution is 5.55. The highest BCUT2D eigenvalue weighted by atomic mass is 16.7. The summed E-state index contributed by atoms with van der Waals surface area (Å²) in [6, 6.07) is 20.3. The van der Waals surface area contributed by atoms with Crippen LogP contribution in [-0.4, -0.2) is 18.9 Å². The number of rotatable bonds is 7. The number of ether oxygens (including phenoxy) is 3. The van der Waals surface area contributed by atoms with Crippen LogP contribution in [0.15, 0.2) is 72.9 Å². The van der Waals surface area contributed by atoms with Gasteiger partial charge in [-0.3, -0.25) is 0 Å². The van der Waals surface area contributed by atoms with E-state index in [9.17, 15) is 0 Å². The molecule has 152 valence electrons. The Balaban J connectivity index is 1.31. The molecule has 5 nitrogen and oxygen atoms in total. The number of anilines is 1. The van der Waals surface area contributed by atoms with Crippen LogP contribution in [0, 0.1) is 0 Å². The molecule has 0 atom stereocenters. The van der Waals surface area contributed by atoms with E-state index in [4.69, 9.17) is 19.2 Å². The van der Waals surface area contributed by atoms with Crippen molar-refractivity contribution < 1.29 is 14.2 Å². The number of hydrogen-bond acceptors (Lipinski definition) is 5. The largest absolute Gasteiger partial charge is 0.497 e. The number of allylic oxidation sites excluding steroid dienone is 1. The van der Waals surface area contributed by atoms with Crippen LogP contribution in [0.3, 0.4) is 0 Å². The SMILES string of the molecule is C=C(Nc1cccc(Cc2ccc(OC)cc2)n1)C1(c2ccc3c(c2)OCO3)CC1. The number of benzene rings is 2. The molecule has 1 N–H and O–H groups in total.